The summed E-state index contributed by atoms with van der Waals surface area (Å²) in [7, 11) is 1.57. The lowest BCUT2D eigenvalue weighted by molar-refractivity contribution is -0.131. The van der Waals surface area contributed by atoms with Gasteiger partial charge in [0, 0.05) is 5.38 Å². The maximum absolute atomic E-state index is 12.7. The second kappa shape index (κ2) is 6.04. The third-order valence-corrected chi connectivity index (χ3v) is 4.57. The number of urea groups is 1. The molecule has 1 aliphatic heterocycles. The number of aryl methyl sites for hydroxylation is 1. The molecule has 0 aliphatic carbocycles. The molecule has 0 spiro atoms. The number of imide groups is 1. The summed E-state index contributed by atoms with van der Waals surface area (Å²) < 4.78 is 5.11. The Balaban J connectivity index is 1.85. The van der Waals surface area contributed by atoms with Crippen LogP contribution >= 0.6 is 11.3 Å². The predicted octanol–water partition coefficient (Wildman–Crippen LogP) is 2.26. The Hall–Kier alpha value is -2.74. The van der Waals surface area contributed by atoms with Crippen LogP contribution in [0.3, 0.4) is 0 Å². The van der Waals surface area contributed by atoms with E-state index < -0.39 is 17.5 Å². The zero-order chi connectivity index (χ0) is 17.3. The topological polar surface area (TPSA) is 83.9 Å². The van der Waals surface area contributed by atoms with Gasteiger partial charge < -0.3 is 10.1 Å². The highest BCUT2D eigenvalue weighted by Crippen LogP contribution is 2.30. The van der Waals surface area contributed by atoms with Crippen LogP contribution in [0.4, 0.5) is 4.79 Å². The molecule has 0 radical (unpaired) electrons. The van der Waals surface area contributed by atoms with Crippen molar-refractivity contribution >= 4 is 29.5 Å². The van der Waals surface area contributed by atoms with Gasteiger partial charge in [0.2, 0.25) is 0 Å². The number of rotatable bonds is 4. The maximum atomic E-state index is 12.7. The SMILES string of the molecule is COc1ccc([C@@]2(C)NC(=O)N(/N=C\c3csc(C)n3)C2=O)cc1. The number of benzene rings is 1. The lowest BCUT2D eigenvalue weighted by Gasteiger charge is -2.21. The van der Waals surface area contributed by atoms with E-state index >= 15 is 0 Å². The van der Waals surface area contributed by atoms with E-state index in [1.165, 1.54) is 17.6 Å². The summed E-state index contributed by atoms with van der Waals surface area (Å²) in [6.07, 6.45) is 1.40. The fraction of sp³-hybridized carbons (Fsp3) is 0.250. The fourth-order valence-electron chi connectivity index (χ4n) is 2.41. The van der Waals surface area contributed by atoms with E-state index in [0.29, 0.717) is 17.0 Å². The molecule has 0 saturated carbocycles. The minimum absolute atomic E-state index is 0.444. The van der Waals surface area contributed by atoms with E-state index in [1.807, 2.05) is 6.92 Å². The highest BCUT2D eigenvalue weighted by Gasteiger charge is 2.49. The number of hydrogen-bond donors (Lipinski definition) is 1. The van der Waals surface area contributed by atoms with Crippen molar-refractivity contribution in [1.29, 1.82) is 0 Å². The summed E-state index contributed by atoms with van der Waals surface area (Å²) in [4.78, 5) is 29.1. The largest absolute Gasteiger partial charge is 0.497 e. The van der Waals surface area contributed by atoms with Gasteiger partial charge in [-0.2, -0.15) is 5.10 Å². The number of thiazole rings is 1. The third-order valence-electron chi connectivity index (χ3n) is 3.78. The van der Waals surface area contributed by atoms with Crippen LogP contribution in [-0.2, 0) is 10.3 Å². The molecule has 3 rings (SSSR count). The van der Waals surface area contributed by atoms with Crippen molar-refractivity contribution in [2.45, 2.75) is 19.4 Å². The number of aromatic nitrogens is 1. The molecule has 1 fully saturated rings. The fourth-order valence-corrected chi connectivity index (χ4v) is 2.97. The number of amides is 3. The number of nitrogens with one attached hydrogen (secondary N) is 1. The summed E-state index contributed by atoms with van der Waals surface area (Å²) in [6, 6.07) is 6.40. The van der Waals surface area contributed by atoms with Gasteiger partial charge in [-0.1, -0.05) is 12.1 Å². The molecular weight excluding hydrogens is 328 g/mol. The lowest BCUT2D eigenvalue weighted by Crippen LogP contribution is -2.40. The van der Waals surface area contributed by atoms with Crippen LogP contribution in [0.2, 0.25) is 0 Å². The number of carbonyl (C=O) groups excluding carboxylic acids is 2. The first kappa shape index (κ1) is 16.1. The first-order chi connectivity index (χ1) is 11.4. The van der Waals surface area contributed by atoms with Crippen molar-refractivity contribution in [1.82, 2.24) is 15.3 Å². The van der Waals surface area contributed by atoms with Crippen molar-refractivity contribution in [3.05, 3.63) is 45.9 Å². The van der Waals surface area contributed by atoms with Crippen molar-refractivity contribution in [3.63, 3.8) is 0 Å². The van der Waals surface area contributed by atoms with Crippen LogP contribution in [0.5, 0.6) is 5.75 Å². The van der Waals surface area contributed by atoms with E-state index in [9.17, 15) is 9.59 Å². The molecule has 3 amide bonds. The summed E-state index contributed by atoms with van der Waals surface area (Å²) in [5, 5.41) is 10.2. The molecule has 1 atom stereocenters. The van der Waals surface area contributed by atoms with E-state index in [1.54, 1.807) is 43.7 Å². The standard InChI is InChI=1S/C16H16N4O3S/c1-10-18-12(9-24-10)8-17-20-14(21)16(2,19-15(20)22)11-4-6-13(23-3)7-5-11/h4-9H,1-3H3,(H,19,22)/b17-8-/t16-/m1/s1. The Labute approximate surface area is 143 Å². The van der Waals surface area contributed by atoms with Gasteiger partial charge in [-0.3, -0.25) is 4.79 Å². The van der Waals surface area contributed by atoms with Crippen LogP contribution in [0.15, 0.2) is 34.7 Å². The average Bonchev–Trinajstić information content (AvgIpc) is 3.08. The highest BCUT2D eigenvalue weighted by molar-refractivity contribution is 7.09. The van der Waals surface area contributed by atoms with Crippen LogP contribution < -0.4 is 10.1 Å². The van der Waals surface area contributed by atoms with Crippen LogP contribution in [0, 0.1) is 6.92 Å². The monoisotopic (exact) mass is 344 g/mol. The van der Waals surface area contributed by atoms with Gasteiger partial charge in [0.05, 0.1) is 24.0 Å². The molecule has 1 N–H and O–H groups in total. The second-order valence-electron chi connectivity index (χ2n) is 5.44. The third kappa shape index (κ3) is 2.76. The molecular formula is C16H16N4O3S. The summed E-state index contributed by atoms with van der Waals surface area (Å²) in [5.41, 5.74) is 0.0959. The van der Waals surface area contributed by atoms with Crippen molar-refractivity contribution in [2.75, 3.05) is 7.11 Å². The quantitative estimate of drug-likeness (QED) is 0.681. The number of hydrogen-bond acceptors (Lipinski definition) is 6. The molecule has 1 saturated heterocycles. The van der Waals surface area contributed by atoms with Gasteiger partial charge in [0.25, 0.3) is 5.91 Å². The zero-order valence-corrected chi connectivity index (χ0v) is 14.3. The van der Waals surface area contributed by atoms with Crippen molar-refractivity contribution in [3.8, 4) is 5.75 Å². The van der Waals surface area contributed by atoms with Crippen LogP contribution in [-0.4, -0.2) is 35.3 Å². The second-order valence-corrected chi connectivity index (χ2v) is 6.50. The maximum Gasteiger partial charge on any atom is 0.346 e. The average molecular weight is 344 g/mol. The lowest BCUT2D eigenvalue weighted by atomic mass is 9.92. The minimum Gasteiger partial charge on any atom is -0.497 e. The molecule has 2 heterocycles. The molecule has 24 heavy (non-hydrogen) atoms. The molecule has 0 bridgehead atoms. The molecule has 2 aromatic rings. The Kier molecular flexibility index (Phi) is 4.06. The van der Waals surface area contributed by atoms with E-state index in [-0.39, 0.29) is 0 Å². The molecule has 1 aromatic heterocycles. The van der Waals surface area contributed by atoms with Crippen molar-refractivity contribution < 1.29 is 14.3 Å². The number of ether oxygens (including phenoxy) is 1. The number of methoxy groups -OCH3 is 1. The van der Waals surface area contributed by atoms with E-state index in [4.69, 9.17) is 4.74 Å². The van der Waals surface area contributed by atoms with Gasteiger partial charge in [0.15, 0.2) is 0 Å². The summed E-state index contributed by atoms with van der Waals surface area (Å²) in [6.45, 7) is 3.52. The number of carbonyl (C=O) groups is 2. The van der Waals surface area contributed by atoms with Gasteiger partial charge in [-0.25, -0.2) is 9.78 Å². The Morgan fingerprint density at radius 2 is 2.04 bits per heavy atom. The Morgan fingerprint density at radius 1 is 1.33 bits per heavy atom. The zero-order valence-electron chi connectivity index (χ0n) is 13.4. The van der Waals surface area contributed by atoms with Gasteiger partial charge >= 0.3 is 6.03 Å². The molecule has 1 aliphatic rings. The van der Waals surface area contributed by atoms with Gasteiger partial charge in [-0.15, -0.1) is 16.3 Å². The molecule has 1 aromatic carbocycles. The summed E-state index contributed by atoms with van der Waals surface area (Å²) in [5.74, 6) is 0.230. The smallest absolute Gasteiger partial charge is 0.346 e. The Bertz CT molecular complexity index is 815. The molecule has 7 nitrogen and oxygen atoms in total. The van der Waals surface area contributed by atoms with Crippen LogP contribution in [0.25, 0.3) is 0 Å². The van der Waals surface area contributed by atoms with E-state index in [2.05, 4.69) is 15.4 Å². The molecule has 124 valence electrons. The molecule has 8 heteroatoms. The number of nitrogens with zero attached hydrogens (tertiary/aromatic N) is 3. The number of hydrazone groups is 1. The normalized spacial score (nSPS) is 20.7. The molecule has 0 unspecified atom stereocenters. The van der Waals surface area contributed by atoms with Crippen molar-refractivity contribution in [2.24, 2.45) is 5.10 Å². The first-order valence-electron chi connectivity index (χ1n) is 7.21. The predicted molar refractivity (Wildman–Crippen MR) is 90.2 cm³/mol. The van der Waals surface area contributed by atoms with E-state index in [0.717, 1.165) is 10.0 Å². The van der Waals surface area contributed by atoms with Gasteiger partial charge in [-0.05, 0) is 31.5 Å². The highest BCUT2D eigenvalue weighted by atomic mass is 32.1. The summed E-state index contributed by atoms with van der Waals surface area (Å²) >= 11 is 1.47. The van der Waals surface area contributed by atoms with Gasteiger partial charge in [0.1, 0.15) is 11.3 Å². The first-order valence-corrected chi connectivity index (χ1v) is 8.09. The van der Waals surface area contributed by atoms with Crippen LogP contribution in [0.1, 0.15) is 23.2 Å². The Morgan fingerprint density at radius 3 is 2.62 bits per heavy atom. The minimum atomic E-state index is -1.17.